The molecule has 0 bridgehead atoms. The molecule has 4 rings (SSSR count). The normalized spacial score (nSPS) is 19.6. The van der Waals surface area contributed by atoms with Crippen LogP contribution in [0.3, 0.4) is 0 Å². The topological polar surface area (TPSA) is 95.7 Å². The van der Waals surface area contributed by atoms with Gasteiger partial charge in [0.2, 0.25) is 17.7 Å². The Morgan fingerprint density at radius 1 is 1.03 bits per heavy atom. The number of nitrogens with two attached hydrogens (primary N) is 1. The molecule has 2 saturated heterocycles. The number of rotatable bonds is 6. The zero-order chi connectivity index (χ0) is 23.5. The molecule has 0 aromatic heterocycles. The fourth-order valence-electron chi connectivity index (χ4n) is 4.45. The SMILES string of the molecule is NC(=O)C1CCN(Cc2cccc(NC(=O)C3CC(=O)N(c4cc(F)cc(F)c4)C3)c2)CC1. The third-order valence-corrected chi connectivity index (χ3v) is 6.25. The van der Waals surface area contributed by atoms with E-state index in [1.54, 1.807) is 6.07 Å². The molecule has 2 fully saturated rings. The summed E-state index contributed by atoms with van der Waals surface area (Å²) in [6.45, 7) is 2.31. The van der Waals surface area contributed by atoms with Gasteiger partial charge in [-0.3, -0.25) is 19.3 Å². The van der Waals surface area contributed by atoms with E-state index in [4.69, 9.17) is 5.73 Å². The second-order valence-corrected chi connectivity index (χ2v) is 8.68. The van der Waals surface area contributed by atoms with Crippen molar-refractivity contribution < 1.29 is 23.2 Å². The Hall–Kier alpha value is -3.33. The van der Waals surface area contributed by atoms with Crippen LogP contribution in [0.25, 0.3) is 0 Å². The van der Waals surface area contributed by atoms with E-state index in [-0.39, 0.29) is 42.3 Å². The number of likely N-dealkylation sites (tertiary alicyclic amines) is 1. The number of nitrogens with zero attached hydrogens (tertiary/aromatic N) is 2. The Morgan fingerprint density at radius 2 is 1.73 bits per heavy atom. The number of carbonyl (C=O) groups is 3. The van der Waals surface area contributed by atoms with Crippen molar-refractivity contribution in [1.82, 2.24) is 4.90 Å². The Morgan fingerprint density at radius 3 is 2.39 bits per heavy atom. The number of carbonyl (C=O) groups excluding carboxylic acids is 3. The number of halogens is 2. The van der Waals surface area contributed by atoms with E-state index in [0.717, 1.165) is 49.7 Å². The molecule has 0 radical (unpaired) electrons. The van der Waals surface area contributed by atoms with Crippen LogP contribution in [0.5, 0.6) is 0 Å². The minimum Gasteiger partial charge on any atom is -0.369 e. The van der Waals surface area contributed by atoms with Crippen LogP contribution >= 0.6 is 0 Å². The van der Waals surface area contributed by atoms with Crippen LogP contribution in [0.15, 0.2) is 42.5 Å². The molecule has 1 atom stereocenters. The van der Waals surface area contributed by atoms with Crippen molar-refractivity contribution in [2.24, 2.45) is 17.6 Å². The fraction of sp³-hybridized carbons (Fsp3) is 0.375. The van der Waals surface area contributed by atoms with Gasteiger partial charge in [0.25, 0.3) is 0 Å². The summed E-state index contributed by atoms with van der Waals surface area (Å²) in [5, 5.41) is 2.85. The van der Waals surface area contributed by atoms with Gasteiger partial charge in [-0.1, -0.05) is 12.1 Å². The van der Waals surface area contributed by atoms with Crippen LogP contribution in [-0.4, -0.2) is 42.3 Å². The third kappa shape index (κ3) is 5.54. The van der Waals surface area contributed by atoms with Crippen molar-refractivity contribution in [1.29, 1.82) is 0 Å². The van der Waals surface area contributed by atoms with E-state index in [0.29, 0.717) is 12.2 Å². The number of nitrogens with one attached hydrogen (secondary N) is 1. The van der Waals surface area contributed by atoms with E-state index in [1.807, 2.05) is 18.2 Å². The first-order chi connectivity index (χ1) is 15.8. The summed E-state index contributed by atoms with van der Waals surface area (Å²) < 4.78 is 27.1. The molecule has 9 heteroatoms. The number of primary amides is 1. The molecule has 3 amide bonds. The first kappa shape index (κ1) is 22.8. The molecular weight excluding hydrogens is 430 g/mol. The minimum absolute atomic E-state index is 0.0293. The van der Waals surface area contributed by atoms with Gasteiger partial charge in [0.1, 0.15) is 11.6 Å². The molecule has 2 aliphatic rings. The van der Waals surface area contributed by atoms with Gasteiger partial charge in [-0.2, -0.15) is 0 Å². The predicted octanol–water partition coefficient (Wildman–Crippen LogP) is 2.65. The summed E-state index contributed by atoms with van der Waals surface area (Å²) in [6, 6.07) is 10.4. The van der Waals surface area contributed by atoms with Crippen LogP contribution in [-0.2, 0) is 20.9 Å². The van der Waals surface area contributed by atoms with Gasteiger partial charge in [0.05, 0.1) is 5.92 Å². The maximum Gasteiger partial charge on any atom is 0.229 e. The molecule has 0 aliphatic carbocycles. The summed E-state index contributed by atoms with van der Waals surface area (Å²) in [4.78, 5) is 40.0. The Kier molecular flexibility index (Phi) is 6.69. The summed E-state index contributed by atoms with van der Waals surface area (Å²) in [5.74, 6) is -3.16. The largest absolute Gasteiger partial charge is 0.369 e. The summed E-state index contributed by atoms with van der Waals surface area (Å²) >= 11 is 0. The highest BCUT2D eigenvalue weighted by atomic mass is 19.1. The zero-order valence-electron chi connectivity index (χ0n) is 18.1. The number of benzene rings is 2. The van der Waals surface area contributed by atoms with Crippen molar-refractivity contribution in [2.75, 3.05) is 29.9 Å². The third-order valence-electron chi connectivity index (χ3n) is 6.25. The molecule has 174 valence electrons. The molecule has 0 spiro atoms. The first-order valence-electron chi connectivity index (χ1n) is 11.0. The molecule has 7 nitrogen and oxygen atoms in total. The highest BCUT2D eigenvalue weighted by molar-refractivity contribution is 6.03. The van der Waals surface area contributed by atoms with Crippen LogP contribution in [0.2, 0.25) is 0 Å². The van der Waals surface area contributed by atoms with E-state index >= 15 is 0 Å². The van der Waals surface area contributed by atoms with Gasteiger partial charge >= 0.3 is 0 Å². The Labute approximate surface area is 190 Å². The molecular formula is C24H26F2N4O3. The predicted molar refractivity (Wildman–Crippen MR) is 119 cm³/mol. The van der Waals surface area contributed by atoms with E-state index < -0.39 is 17.6 Å². The van der Waals surface area contributed by atoms with Crippen molar-refractivity contribution >= 4 is 29.1 Å². The molecule has 3 N–H and O–H groups in total. The van der Waals surface area contributed by atoms with Crippen LogP contribution < -0.4 is 16.0 Å². The monoisotopic (exact) mass is 456 g/mol. The van der Waals surface area contributed by atoms with Gasteiger partial charge in [0, 0.05) is 42.9 Å². The first-order valence-corrected chi connectivity index (χ1v) is 11.0. The summed E-state index contributed by atoms with van der Waals surface area (Å²) in [7, 11) is 0. The molecule has 2 heterocycles. The number of hydrogen-bond acceptors (Lipinski definition) is 4. The van der Waals surface area contributed by atoms with Gasteiger partial charge < -0.3 is 16.0 Å². The average molecular weight is 456 g/mol. The Balaban J connectivity index is 1.35. The molecule has 2 aliphatic heterocycles. The van der Waals surface area contributed by atoms with Gasteiger partial charge in [-0.05, 0) is 55.8 Å². The van der Waals surface area contributed by atoms with Gasteiger partial charge in [-0.15, -0.1) is 0 Å². The lowest BCUT2D eigenvalue weighted by atomic mass is 9.96. The number of amides is 3. The lowest BCUT2D eigenvalue weighted by molar-refractivity contribution is -0.123. The number of hydrogen-bond donors (Lipinski definition) is 2. The maximum absolute atomic E-state index is 13.5. The maximum atomic E-state index is 13.5. The molecule has 0 saturated carbocycles. The van der Waals surface area contributed by atoms with E-state index in [2.05, 4.69) is 10.2 Å². The van der Waals surface area contributed by atoms with Crippen LogP contribution in [0.4, 0.5) is 20.2 Å². The quantitative estimate of drug-likeness (QED) is 0.699. The molecule has 2 aromatic rings. The second-order valence-electron chi connectivity index (χ2n) is 8.68. The van der Waals surface area contributed by atoms with Crippen molar-refractivity contribution in [3.63, 3.8) is 0 Å². The van der Waals surface area contributed by atoms with E-state index in [1.165, 1.54) is 4.90 Å². The fourth-order valence-corrected chi connectivity index (χ4v) is 4.45. The highest BCUT2D eigenvalue weighted by Gasteiger charge is 2.35. The van der Waals surface area contributed by atoms with Gasteiger partial charge in [-0.25, -0.2) is 8.78 Å². The number of piperidine rings is 1. The number of anilines is 2. The standard InChI is InChI=1S/C24H26F2N4O3/c25-18-10-19(26)12-21(11-18)30-14-17(9-22(30)31)24(33)28-20-3-1-2-15(8-20)13-29-6-4-16(5-7-29)23(27)32/h1-3,8,10-12,16-17H,4-7,9,13-14H2,(H2,27,32)(H,28,33). The van der Waals surface area contributed by atoms with Crippen molar-refractivity contribution in [2.45, 2.75) is 25.8 Å². The smallest absolute Gasteiger partial charge is 0.229 e. The van der Waals surface area contributed by atoms with Crippen LogP contribution in [0, 0.1) is 23.5 Å². The van der Waals surface area contributed by atoms with Crippen molar-refractivity contribution in [3.8, 4) is 0 Å². The van der Waals surface area contributed by atoms with Crippen LogP contribution in [0.1, 0.15) is 24.8 Å². The lowest BCUT2D eigenvalue weighted by Gasteiger charge is -2.30. The summed E-state index contributed by atoms with van der Waals surface area (Å²) in [6.07, 6.45) is 1.46. The minimum atomic E-state index is -0.777. The molecule has 33 heavy (non-hydrogen) atoms. The van der Waals surface area contributed by atoms with Crippen molar-refractivity contribution in [3.05, 3.63) is 59.7 Å². The molecule has 2 aromatic carbocycles. The van der Waals surface area contributed by atoms with Gasteiger partial charge in [0.15, 0.2) is 0 Å². The second kappa shape index (κ2) is 9.66. The Bertz CT molecular complexity index is 1050. The van der Waals surface area contributed by atoms with E-state index in [9.17, 15) is 23.2 Å². The lowest BCUT2D eigenvalue weighted by Crippen LogP contribution is -2.38. The molecule has 1 unspecified atom stereocenters. The highest BCUT2D eigenvalue weighted by Crippen LogP contribution is 2.28. The summed E-state index contributed by atoms with van der Waals surface area (Å²) in [5.41, 5.74) is 7.13. The average Bonchev–Trinajstić information content (AvgIpc) is 3.15. The zero-order valence-corrected chi connectivity index (χ0v) is 18.1.